The van der Waals surface area contributed by atoms with E-state index in [4.69, 9.17) is 21.6 Å². The molecule has 0 bridgehead atoms. The predicted octanol–water partition coefficient (Wildman–Crippen LogP) is 3.45. The SMILES string of the molecule is CC(C)c1nc(Cc2cccc(Cl)c2)nc2c1CNC2. The van der Waals surface area contributed by atoms with Gasteiger partial charge in [-0.2, -0.15) is 0 Å². The first kappa shape index (κ1) is 13.5. The van der Waals surface area contributed by atoms with Gasteiger partial charge < -0.3 is 5.32 Å². The predicted molar refractivity (Wildman–Crippen MR) is 80.9 cm³/mol. The lowest BCUT2D eigenvalue weighted by Gasteiger charge is -2.12. The van der Waals surface area contributed by atoms with Crippen molar-refractivity contribution in [1.29, 1.82) is 0 Å². The lowest BCUT2D eigenvalue weighted by molar-refractivity contribution is 0.745. The van der Waals surface area contributed by atoms with Crippen LogP contribution in [0.15, 0.2) is 24.3 Å². The number of benzene rings is 1. The number of halogens is 1. The summed E-state index contributed by atoms with van der Waals surface area (Å²) in [6.45, 7) is 6.11. The van der Waals surface area contributed by atoms with Gasteiger partial charge in [-0.05, 0) is 23.6 Å². The van der Waals surface area contributed by atoms with Crippen molar-refractivity contribution in [3.05, 3.63) is 57.6 Å². The van der Waals surface area contributed by atoms with Crippen molar-refractivity contribution in [2.45, 2.75) is 39.3 Å². The van der Waals surface area contributed by atoms with E-state index in [1.165, 1.54) is 11.3 Å². The van der Waals surface area contributed by atoms with Crippen molar-refractivity contribution in [1.82, 2.24) is 15.3 Å². The quantitative estimate of drug-likeness (QED) is 0.939. The van der Waals surface area contributed by atoms with Crippen molar-refractivity contribution in [3.63, 3.8) is 0 Å². The van der Waals surface area contributed by atoms with Crippen LogP contribution >= 0.6 is 11.6 Å². The average molecular weight is 288 g/mol. The van der Waals surface area contributed by atoms with E-state index in [2.05, 4.69) is 25.2 Å². The number of nitrogens with one attached hydrogen (secondary N) is 1. The Bertz CT molecular complexity index is 638. The molecule has 0 amide bonds. The molecule has 1 aliphatic rings. The van der Waals surface area contributed by atoms with Crippen LogP contribution in [-0.2, 0) is 19.5 Å². The highest BCUT2D eigenvalue weighted by atomic mass is 35.5. The maximum atomic E-state index is 6.04. The number of hydrogen-bond acceptors (Lipinski definition) is 3. The van der Waals surface area contributed by atoms with Gasteiger partial charge in [0.2, 0.25) is 0 Å². The Balaban J connectivity index is 1.96. The highest BCUT2D eigenvalue weighted by Gasteiger charge is 2.20. The number of hydrogen-bond donors (Lipinski definition) is 1. The van der Waals surface area contributed by atoms with Crippen LogP contribution in [0.5, 0.6) is 0 Å². The van der Waals surface area contributed by atoms with Gasteiger partial charge in [0, 0.05) is 30.1 Å². The fourth-order valence-corrected chi connectivity index (χ4v) is 2.85. The molecule has 0 spiro atoms. The molecule has 1 aromatic carbocycles. The van der Waals surface area contributed by atoms with Crippen molar-refractivity contribution in [3.8, 4) is 0 Å². The molecule has 20 heavy (non-hydrogen) atoms. The molecule has 3 nitrogen and oxygen atoms in total. The maximum Gasteiger partial charge on any atom is 0.133 e. The van der Waals surface area contributed by atoms with E-state index in [1.54, 1.807) is 0 Å². The Morgan fingerprint density at radius 1 is 1.25 bits per heavy atom. The van der Waals surface area contributed by atoms with Gasteiger partial charge in [-0.1, -0.05) is 37.6 Å². The second-order valence-corrected chi connectivity index (χ2v) is 5.95. The average Bonchev–Trinajstić information content (AvgIpc) is 2.85. The zero-order valence-electron chi connectivity index (χ0n) is 11.8. The standard InChI is InChI=1S/C16H18ClN3/c1-10(2)16-13-8-18-9-14(13)19-15(20-16)7-11-4-3-5-12(17)6-11/h3-6,10,18H,7-9H2,1-2H3. The lowest BCUT2D eigenvalue weighted by atomic mass is 10.0. The summed E-state index contributed by atoms with van der Waals surface area (Å²) in [6.07, 6.45) is 0.730. The summed E-state index contributed by atoms with van der Waals surface area (Å²) >= 11 is 6.04. The van der Waals surface area contributed by atoms with Gasteiger partial charge in [0.1, 0.15) is 5.82 Å². The van der Waals surface area contributed by atoms with Crippen LogP contribution < -0.4 is 5.32 Å². The summed E-state index contributed by atoms with van der Waals surface area (Å²) in [4.78, 5) is 9.48. The summed E-state index contributed by atoms with van der Waals surface area (Å²) in [5.74, 6) is 1.31. The van der Waals surface area contributed by atoms with Crippen LogP contribution in [0.2, 0.25) is 5.02 Å². The molecule has 104 valence electrons. The van der Waals surface area contributed by atoms with E-state index in [0.29, 0.717) is 5.92 Å². The van der Waals surface area contributed by atoms with Crippen LogP contribution in [0.1, 0.15) is 48.1 Å². The van der Waals surface area contributed by atoms with Gasteiger partial charge in [0.15, 0.2) is 0 Å². The van der Waals surface area contributed by atoms with Crippen molar-refractivity contribution in [2.24, 2.45) is 0 Å². The van der Waals surface area contributed by atoms with Crippen LogP contribution in [0.3, 0.4) is 0 Å². The minimum atomic E-state index is 0.421. The number of aromatic nitrogens is 2. The number of rotatable bonds is 3. The maximum absolute atomic E-state index is 6.04. The van der Waals surface area contributed by atoms with Gasteiger partial charge in [0.05, 0.1) is 11.4 Å². The molecular weight excluding hydrogens is 270 g/mol. The van der Waals surface area contributed by atoms with Crippen molar-refractivity contribution < 1.29 is 0 Å². The van der Waals surface area contributed by atoms with Gasteiger partial charge in [-0.25, -0.2) is 9.97 Å². The Morgan fingerprint density at radius 2 is 2.10 bits per heavy atom. The highest BCUT2D eigenvalue weighted by Crippen LogP contribution is 2.24. The van der Waals surface area contributed by atoms with E-state index in [1.807, 2.05) is 18.2 Å². The van der Waals surface area contributed by atoms with Crippen LogP contribution in [-0.4, -0.2) is 9.97 Å². The van der Waals surface area contributed by atoms with Gasteiger partial charge in [-0.15, -0.1) is 0 Å². The fraction of sp³-hybridized carbons (Fsp3) is 0.375. The molecule has 2 heterocycles. The molecule has 1 aromatic heterocycles. The van der Waals surface area contributed by atoms with E-state index < -0.39 is 0 Å². The van der Waals surface area contributed by atoms with E-state index >= 15 is 0 Å². The smallest absolute Gasteiger partial charge is 0.133 e. The summed E-state index contributed by atoms with van der Waals surface area (Å²) in [5, 5.41) is 4.12. The monoisotopic (exact) mass is 287 g/mol. The molecular formula is C16H18ClN3. The molecule has 0 unspecified atom stereocenters. The first-order valence-corrected chi connectivity index (χ1v) is 7.35. The molecule has 1 N–H and O–H groups in total. The zero-order chi connectivity index (χ0) is 14.1. The normalized spacial score (nSPS) is 13.8. The minimum absolute atomic E-state index is 0.421. The Hall–Kier alpha value is -1.45. The molecule has 0 aliphatic carbocycles. The second-order valence-electron chi connectivity index (χ2n) is 5.52. The third-order valence-corrected chi connectivity index (χ3v) is 3.80. The largest absolute Gasteiger partial charge is 0.307 e. The molecule has 3 rings (SSSR count). The summed E-state index contributed by atoms with van der Waals surface area (Å²) in [7, 11) is 0. The first-order chi connectivity index (χ1) is 9.63. The summed E-state index contributed by atoms with van der Waals surface area (Å²) in [6, 6.07) is 7.90. The van der Waals surface area contributed by atoms with Gasteiger partial charge in [0.25, 0.3) is 0 Å². The summed E-state index contributed by atoms with van der Waals surface area (Å²) < 4.78 is 0. The first-order valence-electron chi connectivity index (χ1n) is 6.97. The van der Waals surface area contributed by atoms with Gasteiger partial charge >= 0.3 is 0 Å². The minimum Gasteiger partial charge on any atom is -0.307 e. The topological polar surface area (TPSA) is 37.8 Å². The van der Waals surface area contributed by atoms with Crippen molar-refractivity contribution in [2.75, 3.05) is 0 Å². The van der Waals surface area contributed by atoms with E-state index in [9.17, 15) is 0 Å². The third-order valence-electron chi connectivity index (χ3n) is 3.56. The van der Waals surface area contributed by atoms with Crippen LogP contribution in [0.25, 0.3) is 0 Å². The Morgan fingerprint density at radius 3 is 2.85 bits per heavy atom. The van der Waals surface area contributed by atoms with Crippen LogP contribution in [0.4, 0.5) is 0 Å². The van der Waals surface area contributed by atoms with Crippen molar-refractivity contribution >= 4 is 11.6 Å². The van der Waals surface area contributed by atoms with Gasteiger partial charge in [-0.3, -0.25) is 0 Å². The van der Waals surface area contributed by atoms with E-state index in [-0.39, 0.29) is 0 Å². The summed E-state index contributed by atoms with van der Waals surface area (Å²) in [5.41, 5.74) is 4.77. The lowest BCUT2D eigenvalue weighted by Crippen LogP contribution is -2.08. The zero-order valence-corrected chi connectivity index (χ0v) is 12.5. The molecule has 0 fully saturated rings. The van der Waals surface area contributed by atoms with E-state index in [0.717, 1.165) is 41.6 Å². The highest BCUT2D eigenvalue weighted by molar-refractivity contribution is 6.30. The number of nitrogens with zero attached hydrogens (tertiary/aromatic N) is 2. The molecule has 0 atom stereocenters. The molecule has 1 aliphatic heterocycles. The molecule has 0 saturated heterocycles. The fourth-order valence-electron chi connectivity index (χ4n) is 2.63. The number of fused-ring (bicyclic) bond motifs is 1. The Labute approximate surface area is 124 Å². The molecule has 0 saturated carbocycles. The van der Waals surface area contributed by atoms with Crippen LogP contribution in [0, 0.1) is 0 Å². The molecule has 2 aromatic rings. The molecule has 4 heteroatoms. The molecule has 0 radical (unpaired) electrons. The third kappa shape index (κ3) is 2.69. The second kappa shape index (κ2) is 5.51. The Kier molecular flexibility index (Phi) is 3.72.